The molecule has 0 aromatic carbocycles. The quantitative estimate of drug-likeness (QED) is 0.839. The lowest BCUT2D eigenvalue weighted by atomic mass is 10.1. The van der Waals surface area contributed by atoms with Crippen LogP contribution in [-0.4, -0.2) is 18.1 Å². The van der Waals surface area contributed by atoms with Gasteiger partial charge in [-0.15, -0.1) is 11.3 Å². The summed E-state index contributed by atoms with van der Waals surface area (Å²) < 4.78 is 0.676. The predicted octanol–water partition coefficient (Wildman–Crippen LogP) is 2.35. The summed E-state index contributed by atoms with van der Waals surface area (Å²) in [5.41, 5.74) is 0. The van der Waals surface area contributed by atoms with Crippen LogP contribution in [0.3, 0.4) is 0 Å². The minimum atomic E-state index is -0.507. The summed E-state index contributed by atoms with van der Waals surface area (Å²) in [6.07, 6.45) is 1.21. The Balaban J connectivity index is 2.30. The number of hydrogen-bond donors (Lipinski definition) is 2. The van der Waals surface area contributed by atoms with Crippen LogP contribution < -0.4 is 5.32 Å². The van der Waals surface area contributed by atoms with Gasteiger partial charge < -0.3 is 10.4 Å². The van der Waals surface area contributed by atoms with Gasteiger partial charge in [-0.3, -0.25) is 4.79 Å². The van der Waals surface area contributed by atoms with Crippen molar-refractivity contribution in [3.8, 4) is 0 Å². The van der Waals surface area contributed by atoms with E-state index in [1.807, 2.05) is 6.07 Å². The number of nitrogens with one attached hydrogen (secondary N) is 1. The van der Waals surface area contributed by atoms with Crippen LogP contribution in [0.4, 0.5) is 0 Å². The third-order valence-electron chi connectivity index (χ3n) is 2.08. The summed E-state index contributed by atoms with van der Waals surface area (Å²) in [7, 11) is 1.61. The van der Waals surface area contributed by atoms with Gasteiger partial charge in [0.2, 0.25) is 5.91 Å². The van der Waals surface area contributed by atoms with Crippen LogP contribution in [0.25, 0.3) is 0 Å². The Labute approximate surface area is 98.1 Å². The highest BCUT2D eigenvalue weighted by atomic mass is 35.5. The van der Waals surface area contributed by atoms with Crippen LogP contribution >= 0.6 is 22.9 Å². The Morgan fingerprint density at radius 1 is 1.67 bits per heavy atom. The molecular formula is C10H14ClNO2S. The van der Waals surface area contributed by atoms with Crippen LogP contribution in [0.5, 0.6) is 0 Å². The van der Waals surface area contributed by atoms with E-state index in [1.165, 1.54) is 11.3 Å². The number of halogens is 1. The average Bonchev–Trinajstić information content (AvgIpc) is 2.64. The first-order chi connectivity index (χ1) is 7.13. The molecule has 84 valence electrons. The van der Waals surface area contributed by atoms with Crippen molar-refractivity contribution in [1.29, 1.82) is 0 Å². The Morgan fingerprint density at radius 2 is 2.40 bits per heavy atom. The fourth-order valence-corrected chi connectivity index (χ4v) is 2.31. The van der Waals surface area contributed by atoms with E-state index in [0.717, 1.165) is 4.88 Å². The first kappa shape index (κ1) is 12.5. The Bertz CT molecular complexity index is 327. The van der Waals surface area contributed by atoms with Crippen LogP contribution in [0, 0.1) is 0 Å². The van der Waals surface area contributed by atoms with Crippen LogP contribution in [0.2, 0.25) is 4.34 Å². The summed E-state index contributed by atoms with van der Waals surface area (Å²) >= 11 is 7.13. The number of aliphatic hydroxyl groups is 1. The molecule has 0 aliphatic carbocycles. The molecule has 0 aliphatic rings. The van der Waals surface area contributed by atoms with Gasteiger partial charge in [-0.2, -0.15) is 0 Å². The van der Waals surface area contributed by atoms with Crippen LogP contribution in [-0.2, 0) is 4.79 Å². The van der Waals surface area contributed by atoms with Crippen molar-refractivity contribution in [1.82, 2.24) is 5.32 Å². The lowest BCUT2D eigenvalue weighted by molar-refractivity contribution is -0.120. The smallest absolute Gasteiger partial charge is 0.219 e. The van der Waals surface area contributed by atoms with Crippen molar-refractivity contribution in [2.45, 2.75) is 25.4 Å². The fraction of sp³-hybridized carbons (Fsp3) is 0.500. The third-order valence-corrected chi connectivity index (χ3v) is 3.42. The molecule has 1 aromatic heterocycles. The minimum absolute atomic E-state index is 0.00594. The molecule has 3 nitrogen and oxygen atoms in total. The summed E-state index contributed by atoms with van der Waals surface area (Å²) in [5, 5.41) is 12.3. The van der Waals surface area contributed by atoms with E-state index in [1.54, 1.807) is 13.1 Å². The predicted molar refractivity (Wildman–Crippen MR) is 62.2 cm³/mol. The van der Waals surface area contributed by atoms with Gasteiger partial charge in [0.15, 0.2) is 0 Å². The molecule has 0 aliphatic heterocycles. The Kier molecular flexibility index (Phi) is 5.08. The van der Waals surface area contributed by atoms with Gasteiger partial charge in [-0.05, 0) is 25.0 Å². The minimum Gasteiger partial charge on any atom is -0.388 e. The molecule has 2 N–H and O–H groups in total. The standard InChI is InChI=1S/C10H14ClNO2S/c1-12-10(14)4-2-3-7(13)8-5-6-9(11)15-8/h5-7,13H,2-4H2,1H3,(H,12,14). The largest absolute Gasteiger partial charge is 0.388 e. The van der Waals surface area contributed by atoms with Gasteiger partial charge in [-0.25, -0.2) is 0 Å². The lowest BCUT2D eigenvalue weighted by Crippen LogP contribution is -2.17. The lowest BCUT2D eigenvalue weighted by Gasteiger charge is -2.07. The fourth-order valence-electron chi connectivity index (χ4n) is 1.23. The first-order valence-electron chi connectivity index (χ1n) is 4.77. The third kappa shape index (κ3) is 4.20. The number of aliphatic hydroxyl groups excluding tert-OH is 1. The zero-order valence-corrected chi connectivity index (χ0v) is 10.1. The van der Waals surface area contributed by atoms with E-state index >= 15 is 0 Å². The van der Waals surface area contributed by atoms with Crippen LogP contribution in [0.1, 0.15) is 30.2 Å². The van der Waals surface area contributed by atoms with Gasteiger partial charge in [-0.1, -0.05) is 11.6 Å². The summed E-state index contributed by atoms with van der Waals surface area (Å²) in [4.78, 5) is 11.8. The van der Waals surface area contributed by atoms with Gasteiger partial charge in [0.25, 0.3) is 0 Å². The molecule has 1 rings (SSSR count). The van der Waals surface area contributed by atoms with E-state index in [9.17, 15) is 9.90 Å². The maximum Gasteiger partial charge on any atom is 0.219 e. The topological polar surface area (TPSA) is 49.3 Å². The number of rotatable bonds is 5. The van der Waals surface area contributed by atoms with E-state index in [-0.39, 0.29) is 5.91 Å². The van der Waals surface area contributed by atoms with E-state index in [4.69, 9.17) is 11.6 Å². The molecule has 1 heterocycles. The second-order valence-electron chi connectivity index (χ2n) is 3.22. The van der Waals surface area contributed by atoms with Crippen molar-refractivity contribution in [2.75, 3.05) is 7.05 Å². The van der Waals surface area contributed by atoms with E-state index in [0.29, 0.717) is 23.6 Å². The zero-order valence-electron chi connectivity index (χ0n) is 8.50. The Hall–Kier alpha value is -0.580. The molecule has 5 heteroatoms. The van der Waals surface area contributed by atoms with Crippen molar-refractivity contribution in [2.24, 2.45) is 0 Å². The highest BCUT2D eigenvalue weighted by molar-refractivity contribution is 7.16. The molecule has 0 saturated heterocycles. The van der Waals surface area contributed by atoms with Crippen molar-refractivity contribution in [3.63, 3.8) is 0 Å². The number of carbonyl (C=O) groups excluding carboxylic acids is 1. The molecule has 1 amide bonds. The molecule has 1 unspecified atom stereocenters. The van der Waals surface area contributed by atoms with Crippen LogP contribution in [0.15, 0.2) is 12.1 Å². The molecule has 0 saturated carbocycles. The highest BCUT2D eigenvalue weighted by Crippen LogP contribution is 2.29. The number of carbonyl (C=O) groups is 1. The number of amides is 1. The van der Waals surface area contributed by atoms with Gasteiger partial charge in [0.05, 0.1) is 10.4 Å². The number of hydrogen-bond acceptors (Lipinski definition) is 3. The van der Waals surface area contributed by atoms with Crippen molar-refractivity contribution >= 4 is 28.8 Å². The maximum atomic E-state index is 10.9. The van der Waals surface area contributed by atoms with Crippen molar-refractivity contribution < 1.29 is 9.90 Å². The first-order valence-corrected chi connectivity index (χ1v) is 5.97. The van der Waals surface area contributed by atoms with Gasteiger partial charge in [0, 0.05) is 18.3 Å². The molecular weight excluding hydrogens is 234 g/mol. The monoisotopic (exact) mass is 247 g/mol. The van der Waals surface area contributed by atoms with E-state index in [2.05, 4.69) is 5.32 Å². The molecule has 0 bridgehead atoms. The average molecular weight is 248 g/mol. The molecule has 0 fully saturated rings. The normalized spacial score (nSPS) is 12.5. The molecule has 1 aromatic rings. The molecule has 0 spiro atoms. The molecule has 0 radical (unpaired) electrons. The SMILES string of the molecule is CNC(=O)CCCC(O)c1ccc(Cl)s1. The summed E-state index contributed by atoms with van der Waals surface area (Å²) in [5.74, 6) is 0.00594. The summed E-state index contributed by atoms with van der Waals surface area (Å²) in [6, 6.07) is 3.58. The second-order valence-corrected chi connectivity index (χ2v) is 4.97. The van der Waals surface area contributed by atoms with Gasteiger partial charge in [0.1, 0.15) is 0 Å². The summed E-state index contributed by atoms with van der Waals surface area (Å²) in [6.45, 7) is 0. The molecule has 1 atom stereocenters. The van der Waals surface area contributed by atoms with Gasteiger partial charge >= 0.3 is 0 Å². The van der Waals surface area contributed by atoms with E-state index < -0.39 is 6.10 Å². The maximum absolute atomic E-state index is 10.9. The molecule has 15 heavy (non-hydrogen) atoms. The number of thiophene rings is 1. The highest BCUT2D eigenvalue weighted by Gasteiger charge is 2.10. The second kappa shape index (κ2) is 6.10. The van der Waals surface area contributed by atoms with Crippen molar-refractivity contribution in [3.05, 3.63) is 21.3 Å². The zero-order chi connectivity index (χ0) is 11.3. The Morgan fingerprint density at radius 3 is 2.93 bits per heavy atom.